The SMILES string of the molecule is C/C(=C(CCO)/[SH]=C(\O)c1ccccc1Oc1cccc2cccnc12)N(C=O)Cc1cnc(C)nc1N. The van der Waals surface area contributed by atoms with Crippen LogP contribution in [-0.4, -0.2) is 48.1 Å². The van der Waals surface area contributed by atoms with Crippen LogP contribution < -0.4 is 10.5 Å². The van der Waals surface area contributed by atoms with Crippen LogP contribution in [0.15, 0.2) is 77.6 Å². The molecule has 1 amide bonds. The number of nitrogens with two attached hydrogens (primary N) is 1. The summed E-state index contributed by atoms with van der Waals surface area (Å²) < 4.78 is 6.21. The number of aryl methyl sites for hydroxylation is 1. The van der Waals surface area contributed by atoms with E-state index >= 15 is 0 Å². The number of anilines is 1. The lowest BCUT2D eigenvalue weighted by Crippen LogP contribution is -2.22. The maximum Gasteiger partial charge on any atom is 0.214 e. The molecule has 0 saturated heterocycles. The Morgan fingerprint density at radius 2 is 1.87 bits per heavy atom. The number of amides is 1. The van der Waals surface area contributed by atoms with Gasteiger partial charge in [-0.25, -0.2) is 9.97 Å². The van der Waals surface area contributed by atoms with Gasteiger partial charge in [-0.05, 0) is 38.1 Å². The fourth-order valence-corrected chi connectivity index (χ4v) is 4.91. The van der Waals surface area contributed by atoms with Crippen LogP contribution in [0.3, 0.4) is 0 Å². The van der Waals surface area contributed by atoms with Gasteiger partial charge in [0.2, 0.25) is 6.41 Å². The molecular formula is C28H29N5O4S. The first-order chi connectivity index (χ1) is 18.4. The highest BCUT2D eigenvalue weighted by Gasteiger charge is 2.15. The van der Waals surface area contributed by atoms with Crippen LogP contribution in [0.25, 0.3) is 10.9 Å². The smallest absolute Gasteiger partial charge is 0.214 e. The van der Waals surface area contributed by atoms with Gasteiger partial charge in [-0.1, -0.05) is 30.3 Å². The summed E-state index contributed by atoms with van der Waals surface area (Å²) in [7, 11) is 0. The van der Waals surface area contributed by atoms with E-state index in [9.17, 15) is 15.0 Å². The highest BCUT2D eigenvalue weighted by molar-refractivity contribution is 8.02. The van der Waals surface area contributed by atoms with Crippen molar-refractivity contribution in [3.05, 3.63) is 94.5 Å². The zero-order chi connectivity index (χ0) is 27.1. The zero-order valence-electron chi connectivity index (χ0n) is 21.1. The molecule has 2 aromatic heterocycles. The average molecular weight is 532 g/mol. The van der Waals surface area contributed by atoms with E-state index in [4.69, 9.17) is 10.5 Å². The molecule has 38 heavy (non-hydrogen) atoms. The quantitative estimate of drug-likeness (QED) is 0.134. The highest BCUT2D eigenvalue weighted by atomic mass is 32.1. The van der Waals surface area contributed by atoms with Gasteiger partial charge >= 0.3 is 0 Å². The fourth-order valence-electron chi connectivity index (χ4n) is 3.85. The van der Waals surface area contributed by atoms with E-state index in [-0.39, 0.29) is 24.6 Å². The molecule has 4 rings (SSSR count). The number of para-hydroxylation sites is 2. The second kappa shape index (κ2) is 12.4. The van der Waals surface area contributed by atoms with E-state index < -0.39 is 0 Å². The molecule has 0 aliphatic carbocycles. The van der Waals surface area contributed by atoms with Gasteiger partial charge in [0, 0.05) is 47.0 Å². The second-order valence-corrected chi connectivity index (χ2v) is 9.62. The Labute approximate surface area is 224 Å². The lowest BCUT2D eigenvalue weighted by atomic mass is 10.2. The largest absolute Gasteiger partial charge is 0.454 e. The first-order valence-electron chi connectivity index (χ1n) is 11.9. The summed E-state index contributed by atoms with van der Waals surface area (Å²) in [6.45, 7) is 3.49. The molecule has 0 saturated carbocycles. The van der Waals surface area contributed by atoms with Gasteiger partial charge in [0.15, 0.2) is 5.75 Å². The zero-order valence-corrected chi connectivity index (χ0v) is 22.0. The van der Waals surface area contributed by atoms with Crippen molar-refractivity contribution in [3.63, 3.8) is 0 Å². The van der Waals surface area contributed by atoms with Gasteiger partial charge in [0.05, 0.1) is 12.1 Å². The molecule has 0 unspecified atom stereocenters. The molecule has 0 spiro atoms. The topological polar surface area (TPSA) is 135 Å². The number of allylic oxidation sites excluding steroid dienone is 1. The number of aliphatic hydroxyl groups excluding tert-OH is 2. The molecular weight excluding hydrogens is 502 g/mol. The van der Waals surface area contributed by atoms with Gasteiger partial charge in [-0.15, -0.1) is 11.4 Å². The molecule has 0 aliphatic rings. The Balaban J connectivity index is 1.68. The van der Waals surface area contributed by atoms with E-state index in [2.05, 4.69) is 15.0 Å². The van der Waals surface area contributed by atoms with Crippen molar-refractivity contribution >= 4 is 39.5 Å². The number of hydrogen-bond acceptors (Lipinski definition) is 7. The molecule has 0 aliphatic heterocycles. The van der Waals surface area contributed by atoms with Crippen LogP contribution in [0.1, 0.15) is 30.3 Å². The summed E-state index contributed by atoms with van der Waals surface area (Å²) >= 11 is 0.419. The minimum atomic E-state index is -0.157. The van der Waals surface area contributed by atoms with Crippen LogP contribution in [0.2, 0.25) is 0 Å². The predicted octanol–water partition coefficient (Wildman–Crippen LogP) is 4.48. The first kappa shape index (κ1) is 26.9. The third-order valence-corrected chi connectivity index (χ3v) is 7.14. The van der Waals surface area contributed by atoms with Crippen LogP contribution in [0.4, 0.5) is 5.82 Å². The van der Waals surface area contributed by atoms with E-state index in [1.165, 1.54) is 4.90 Å². The van der Waals surface area contributed by atoms with Gasteiger partial charge < -0.3 is 25.6 Å². The summed E-state index contributed by atoms with van der Waals surface area (Å²) in [5.74, 6) is 1.85. The van der Waals surface area contributed by atoms with Gasteiger partial charge in [0.25, 0.3) is 0 Å². The molecule has 0 atom stereocenters. The molecule has 0 radical (unpaired) electrons. The van der Waals surface area contributed by atoms with Crippen LogP contribution in [-0.2, 0) is 11.3 Å². The monoisotopic (exact) mass is 531 g/mol. The summed E-state index contributed by atoms with van der Waals surface area (Å²) in [6.07, 6.45) is 4.22. The fraction of sp³-hybridized carbons (Fsp3) is 0.179. The summed E-state index contributed by atoms with van der Waals surface area (Å²) in [4.78, 5) is 26.9. The maximum absolute atomic E-state index is 12.0. The van der Waals surface area contributed by atoms with Crippen molar-refractivity contribution in [1.29, 1.82) is 0 Å². The van der Waals surface area contributed by atoms with Crippen LogP contribution in [0, 0.1) is 6.92 Å². The molecule has 4 aromatic rings. The van der Waals surface area contributed by atoms with E-state index in [0.717, 1.165) is 5.39 Å². The Kier molecular flexibility index (Phi) is 8.80. The van der Waals surface area contributed by atoms with E-state index in [1.807, 2.05) is 36.4 Å². The summed E-state index contributed by atoms with van der Waals surface area (Å²) in [5.41, 5.74) is 8.39. The first-order valence-corrected chi connectivity index (χ1v) is 12.8. The van der Waals surface area contributed by atoms with Crippen LogP contribution in [0.5, 0.6) is 11.5 Å². The maximum atomic E-state index is 12.0. The van der Waals surface area contributed by atoms with Crippen molar-refractivity contribution in [2.75, 3.05) is 12.3 Å². The van der Waals surface area contributed by atoms with E-state index in [0.29, 0.717) is 68.1 Å². The lowest BCUT2D eigenvalue weighted by Gasteiger charge is -2.21. The molecule has 2 heterocycles. The number of carbonyl (C=O) groups is 1. The number of ether oxygens (including phenoxy) is 1. The lowest BCUT2D eigenvalue weighted by molar-refractivity contribution is -0.116. The number of aliphatic hydroxyl groups is 2. The second-order valence-electron chi connectivity index (χ2n) is 8.43. The Hall–Kier alpha value is -4.12. The number of nitrogens with zero attached hydrogens (tertiary/aromatic N) is 4. The molecule has 4 N–H and O–H groups in total. The van der Waals surface area contributed by atoms with Gasteiger partial charge in [-0.2, -0.15) is 0 Å². The Morgan fingerprint density at radius 3 is 2.63 bits per heavy atom. The number of nitrogen functional groups attached to an aromatic ring is 1. The minimum Gasteiger partial charge on any atom is -0.454 e. The summed E-state index contributed by atoms with van der Waals surface area (Å²) in [6, 6.07) is 16.6. The number of benzene rings is 2. The van der Waals surface area contributed by atoms with Gasteiger partial charge in [-0.3, -0.25) is 9.78 Å². The number of carbonyl (C=O) groups excluding carboxylic acids is 1. The number of hydrogen-bond donors (Lipinski definition) is 4. The highest BCUT2D eigenvalue weighted by Crippen LogP contribution is 2.32. The van der Waals surface area contributed by atoms with Crippen molar-refractivity contribution in [1.82, 2.24) is 19.9 Å². The molecule has 9 nitrogen and oxygen atoms in total. The van der Waals surface area contributed by atoms with Crippen molar-refractivity contribution in [3.8, 4) is 11.5 Å². The van der Waals surface area contributed by atoms with Crippen molar-refractivity contribution in [2.24, 2.45) is 0 Å². The third-order valence-electron chi connectivity index (χ3n) is 5.87. The van der Waals surface area contributed by atoms with Crippen molar-refractivity contribution in [2.45, 2.75) is 26.8 Å². The third kappa shape index (κ3) is 6.23. The average Bonchev–Trinajstić information content (AvgIpc) is 2.92. The molecule has 196 valence electrons. The minimum absolute atomic E-state index is 0.0145. The standard InChI is InChI=1S/C28H29N5O4S/c1-18(33(17-35)16-21-15-31-19(2)32-27(21)29)25(12-14-34)38-28(36)22-9-3-4-10-23(22)37-24-11-5-7-20-8-6-13-30-26(20)24/h3-11,13,15,17,34,36,38H,12,14,16H2,1-2H3,(H2,29,31,32)/b25-18-. The molecule has 10 heteroatoms. The number of pyridine rings is 1. The Morgan fingerprint density at radius 1 is 1.11 bits per heavy atom. The number of thiol groups is 1. The number of rotatable bonds is 10. The number of aromatic nitrogens is 3. The number of fused-ring (bicyclic) bond motifs is 1. The summed E-state index contributed by atoms with van der Waals surface area (Å²) in [5, 5.41) is 21.9. The van der Waals surface area contributed by atoms with E-state index in [1.54, 1.807) is 44.4 Å². The predicted molar refractivity (Wildman–Crippen MR) is 151 cm³/mol. The molecule has 2 aromatic carbocycles. The normalized spacial score (nSPS) is 12.5. The molecule has 0 fully saturated rings. The van der Waals surface area contributed by atoms with Crippen LogP contribution >= 0.6 is 11.4 Å². The van der Waals surface area contributed by atoms with Gasteiger partial charge in [0.1, 0.15) is 28.0 Å². The Bertz CT molecular complexity index is 1520. The molecule has 0 bridgehead atoms. The van der Waals surface area contributed by atoms with Crippen molar-refractivity contribution < 1.29 is 19.7 Å².